The number of ether oxygens (including phenoxy) is 1. The molecular formula is C19H25N5O2. The van der Waals surface area contributed by atoms with Crippen molar-refractivity contribution >= 4 is 17.4 Å². The lowest BCUT2D eigenvalue weighted by molar-refractivity contribution is 0.0740. The van der Waals surface area contributed by atoms with Crippen LogP contribution in [0.15, 0.2) is 36.7 Å². The third-order valence-electron chi connectivity index (χ3n) is 4.43. The zero-order valence-corrected chi connectivity index (χ0v) is 15.3. The zero-order valence-electron chi connectivity index (χ0n) is 15.3. The van der Waals surface area contributed by atoms with E-state index < -0.39 is 0 Å². The molecule has 0 radical (unpaired) electrons. The maximum Gasteiger partial charge on any atom is 0.272 e. The van der Waals surface area contributed by atoms with Crippen LogP contribution in [0.4, 0.5) is 11.5 Å². The number of rotatable bonds is 6. The molecule has 7 nitrogen and oxygen atoms in total. The highest BCUT2D eigenvalue weighted by Gasteiger charge is 2.23. The summed E-state index contributed by atoms with van der Waals surface area (Å²) in [6.07, 6.45) is 1.42. The van der Waals surface area contributed by atoms with Gasteiger partial charge in [-0.3, -0.25) is 4.79 Å². The maximum atomic E-state index is 12.7. The molecule has 1 aromatic carbocycles. The van der Waals surface area contributed by atoms with Gasteiger partial charge in [0.15, 0.2) is 0 Å². The van der Waals surface area contributed by atoms with E-state index >= 15 is 0 Å². The van der Waals surface area contributed by atoms with Crippen molar-refractivity contribution in [2.75, 3.05) is 56.7 Å². The summed E-state index contributed by atoms with van der Waals surface area (Å²) in [6, 6.07) is 10.2. The van der Waals surface area contributed by atoms with E-state index in [2.05, 4.69) is 51.4 Å². The van der Waals surface area contributed by atoms with Crippen LogP contribution in [0.1, 0.15) is 16.1 Å². The number of carbonyl (C=O) groups is 1. The van der Waals surface area contributed by atoms with Crippen LogP contribution in [0.3, 0.4) is 0 Å². The first-order valence-corrected chi connectivity index (χ1v) is 8.83. The van der Waals surface area contributed by atoms with Crippen LogP contribution >= 0.6 is 0 Å². The van der Waals surface area contributed by atoms with E-state index in [1.807, 2.05) is 4.90 Å². The SMILES string of the molecule is COCCNc1cc(C(=O)N2CCN(c3cccc(C)c3)CC2)ncn1. The van der Waals surface area contributed by atoms with Crippen LogP contribution in [0.25, 0.3) is 0 Å². The Bertz CT molecular complexity index is 744. The van der Waals surface area contributed by atoms with Crippen molar-refractivity contribution in [1.29, 1.82) is 0 Å². The van der Waals surface area contributed by atoms with Crippen LogP contribution in [-0.4, -0.2) is 67.2 Å². The third-order valence-corrected chi connectivity index (χ3v) is 4.43. The molecule has 1 N–H and O–H groups in total. The number of aromatic nitrogens is 2. The average Bonchev–Trinajstić information content (AvgIpc) is 2.68. The molecule has 3 rings (SSSR count). The van der Waals surface area contributed by atoms with E-state index in [-0.39, 0.29) is 5.91 Å². The number of methoxy groups -OCH3 is 1. The predicted molar refractivity (Wildman–Crippen MR) is 102 cm³/mol. The molecule has 0 saturated carbocycles. The fourth-order valence-corrected chi connectivity index (χ4v) is 3.01. The van der Waals surface area contributed by atoms with Gasteiger partial charge in [-0.15, -0.1) is 0 Å². The van der Waals surface area contributed by atoms with Gasteiger partial charge in [0.05, 0.1) is 6.61 Å². The summed E-state index contributed by atoms with van der Waals surface area (Å²) in [5.41, 5.74) is 2.88. The van der Waals surface area contributed by atoms with Gasteiger partial charge < -0.3 is 19.9 Å². The van der Waals surface area contributed by atoms with E-state index in [9.17, 15) is 4.79 Å². The van der Waals surface area contributed by atoms with Gasteiger partial charge in [-0.1, -0.05) is 12.1 Å². The van der Waals surface area contributed by atoms with Crippen molar-refractivity contribution in [3.05, 3.63) is 47.9 Å². The largest absolute Gasteiger partial charge is 0.383 e. The highest BCUT2D eigenvalue weighted by molar-refractivity contribution is 5.93. The average molecular weight is 355 g/mol. The monoisotopic (exact) mass is 355 g/mol. The number of hydrogen-bond donors (Lipinski definition) is 1. The second-order valence-electron chi connectivity index (χ2n) is 6.33. The molecule has 138 valence electrons. The molecule has 0 bridgehead atoms. The van der Waals surface area contributed by atoms with Crippen LogP contribution in [-0.2, 0) is 4.74 Å². The Hall–Kier alpha value is -2.67. The van der Waals surface area contributed by atoms with Crippen LogP contribution in [0, 0.1) is 6.92 Å². The second-order valence-corrected chi connectivity index (χ2v) is 6.33. The normalized spacial score (nSPS) is 14.4. The van der Waals surface area contributed by atoms with Gasteiger partial charge >= 0.3 is 0 Å². The van der Waals surface area contributed by atoms with Gasteiger partial charge in [-0.25, -0.2) is 9.97 Å². The Kier molecular flexibility index (Phi) is 6.01. The quantitative estimate of drug-likeness (QED) is 0.797. The van der Waals surface area contributed by atoms with E-state index in [0.717, 1.165) is 13.1 Å². The number of hydrogen-bond acceptors (Lipinski definition) is 6. The van der Waals surface area contributed by atoms with Gasteiger partial charge in [-0.05, 0) is 24.6 Å². The van der Waals surface area contributed by atoms with Crippen molar-refractivity contribution in [2.24, 2.45) is 0 Å². The first-order chi connectivity index (χ1) is 12.7. The van der Waals surface area contributed by atoms with E-state index in [0.29, 0.717) is 37.8 Å². The summed E-state index contributed by atoms with van der Waals surface area (Å²) < 4.78 is 5.00. The van der Waals surface area contributed by atoms with Gasteiger partial charge in [0.2, 0.25) is 0 Å². The van der Waals surface area contributed by atoms with Gasteiger partial charge in [-0.2, -0.15) is 0 Å². The lowest BCUT2D eigenvalue weighted by Crippen LogP contribution is -2.49. The summed E-state index contributed by atoms with van der Waals surface area (Å²) in [4.78, 5) is 25.2. The van der Waals surface area contributed by atoms with Crippen molar-refractivity contribution in [1.82, 2.24) is 14.9 Å². The number of anilines is 2. The topological polar surface area (TPSA) is 70.6 Å². The highest BCUT2D eigenvalue weighted by atomic mass is 16.5. The third kappa shape index (κ3) is 4.49. The fraction of sp³-hybridized carbons (Fsp3) is 0.421. The predicted octanol–water partition coefficient (Wildman–Crippen LogP) is 1.81. The molecule has 1 amide bonds. The molecule has 1 fully saturated rings. The molecule has 7 heteroatoms. The van der Waals surface area contributed by atoms with Gasteiger partial charge in [0, 0.05) is 51.6 Å². The number of benzene rings is 1. The summed E-state index contributed by atoms with van der Waals surface area (Å²) in [5.74, 6) is 0.588. The first kappa shape index (κ1) is 18.1. The summed E-state index contributed by atoms with van der Waals surface area (Å²) in [6.45, 7) is 6.31. The molecule has 1 aliphatic rings. The van der Waals surface area contributed by atoms with Crippen LogP contribution < -0.4 is 10.2 Å². The number of aryl methyl sites for hydroxylation is 1. The van der Waals surface area contributed by atoms with Crippen molar-refractivity contribution < 1.29 is 9.53 Å². The van der Waals surface area contributed by atoms with Gasteiger partial charge in [0.1, 0.15) is 17.8 Å². The van der Waals surface area contributed by atoms with E-state index in [4.69, 9.17) is 4.74 Å². The van der Waals surface area contributed by atoms with Crippen LogP contribution in [0.5, 0.6) is 0 Å². The second kappa shape index (κ2) is 8.62. The number of nitrogens with zero attached hydrogens (tertiary/aromatic N) is 4. The summed E-state index contributed by atoms with van der Waals surface area (Å²) in [7, 11) is 1.65. The van der Waals surface area contributed by atoms with E-state index in [1.54, 1.807) is 13.2 Å². The Morgan fingerprint density at radius 3 is 2.73 bits per heavy atom. The molecule has 0 spiro atoms. The minimum atomic E-state index is -0.0499. The first-order valence-electron chi connectivity index (χ1n) is 8.83. The number of carbonyl (C=O) groups excluding carboxylic acids is 1. The van der Waals surface area contributed by atoms with Crippen molar-refractivity contribution in [2.45, 2.75) is 6.92 Å². The van der Waals surface area contributed by atoms with Crippen molar-refractivity contribution in [3.8, 4) is 0 Å². The molecule has 2 heterocycles. The minimum Gasteiger partial charge on any atom is -0.383 e. The Balaban J connectivity index is 1.59. The highest BCUT2D eigenvalue weighted by Crippen LogP contribution is 2.18. The number of nitrogens with one attached hydrogen (secondary N) is 1. The van der Waals surface area contributed by atoms with Crippen LogP contribution in [0.2, 0.25) is 0 Å². The lowest BCUT2D eigenvalue weighted by atomic mass is 10.2. The lowest BCUT2D eigenvalue weighted by Gasteiger charge is -2.36. The molecule has 2 aromatic rings. The Morgan fingerprint density at radius 1 is 1.19 bits per heavy atom. The van der Waals surface area contributed by atoms with E-state index in [1.165, 1.54) is 17.6 Å². The number of amides is 1. The molecule has 1 aliphatic heterocycles. The summed E-state index contributed by atoms with van der Waals surface area (Å²) in [5, 5.41) is 3.12. The van der Waals surface area contributed by atoms with Crippen molar-refractivity contribution in [3.63, 3.8) is 0 Å². The molecule has 1 aromatic heterocycles. The Morgan fingerprint density at radius 2 is 2.00 bits per heavy atom. The van der Waals surface area contributed by atoms with Gasteiger partial charge in [0.25, 0.3) is 5.91 Å². The Labute approximate surface area is 154 Å². The molecule has 0 unspecified atom stereocenters. The molecule has 0 aliphatic carbocycles. The molecule has 1 saturated heterocycles. The summed E-state index contributed by atoms with van der Waals surface area (Å²) >= 11 is 0. The standard InChI is InChI=1S/C19H25N5O2/c1-15-4-3-5-16(12-15)23-7-9-24(10-8-23)19(25)17-13-18(22-14-21-17)20-6-11-26-2/h3-5,12-14H,6-11H2,1-2H3,(H,20,21,22). The minimum absolute atomic E-state index is 0.0499. The smallest absolute Gasteiger partial charge is 0.272 e. The maximum absolute atomic E-state index is 12.7. The molecule has 0 atom stereocenters. The zero-order chi connectivity index (χ0) is 18.4. The number of piperazine rings is 1. The fourth-order valence-electron chi connectivity index (χ4n) is 3.01. The molecular weight excluding hydrogens is 330 g/mol. The molecule has 26 heavy (non-hydrogen) atoms.